The minimum Gasteiger partial charge on any atom is -0.508 e. The predicted molar refractivity (Wildman–Crippen MR) is 190 cm³/mol. The second-order valence-corrected chi connectivity index (χ2v) is 15.6. The molecule has 2 N–H and O–H groups in total. The number of morpholine rings is 1. The van der Waals surface area contributed by atoms with Gasteiger partial charge < -0.3 is 24.8 Å². The number of phenolic OH excluding ortho intramolecular Hbond substituents is 1. The van der Waals surface area contributed by atoms with Gasteiger partial charge in [-0.15, -0.1) is 6.42 Å². The molecule has 260 valence electrons. The number of aromatic hydroxyl groups is 1. The van der Waals surface area contributed by atoms with Crippen LogP contribution in [0.5, 0.6) is 11.8 Å². The highest BCUT2D eigenvalue weighted by Crippen LogP contribution is 2.48. The summed E-state index contributed by atoms with van der Waals surface area (Å²) in [6, 6.07) is 9.11. The summed E-state index contributed by atoms with van der Waals surface area (Å²) in [5.74, 6) is 1.81. The van der Waals surface area contributed by atoms with Gasteiger partial charge in [0.1, 0.15) is 22.9 Å². The Bertz CT molecular complexity index is 2040. The number of aromatic nitrogens is 2. The second-order valence-electron chi connectivity index (χ2n) is 15.6. The Hall–Kier alpha value is -4.04. The number of hydrogen-bond donors (Lipinski definition) is 2. The van der Waals surface area contributed by atoms with Crippen molar-refractivity contribution in [3.63, 3.8) is 0 Å². The van der Waals surface area contributed by atoms with E-state index in [9.17, 15) is 5.11 Å². The van der Waals surface area contributed by atoms with Gasteiger partial charge in [0.15, 0.2) is 5.82 Å². The number of terminal acetylenes is 1. The number of piperidine rings is 1. The molecule has 0 radical (unpaired) electrons. The zero-order valence-corrected chi connectivity index (χ0v) is 28.6. The zero-order valence-electron chi connectivity index (χ0n) is 28.6. The van der Waals surface area contributed by atoms with Crippen LogP contribution in [0.4, 0.5) is 14.6 Å². The lowest BCUT2D eigenvalue weighted by Crippen LogP contribution is -2.56. The summed E-state index contributed by atoms with van der Waals surface area (Å²) in [5, 5.41) is 16.0. The fourth-order valence-electron chi connectivity index (χ4n) is 8.98. The third-order valence-corrected chi connectivity index (χ3v) is 11.8. The third-order valence-electron chi connectivity index (χ3n) is 11.8. The van der Waals surface area contributed by atoms with Crippen LogP contribution in [0, 0.1) is 29.4 Å². The minimum atomic E-state index is -0.577. The summed E-state index contributed by atoms with van der Waals surface area (Å²) in [5.41, 5.74) is 1.45. The first-order valence-corrected chi connectivity index (χ1v) is 18.1. The summed E-state index contributed by atoms with van der Waals surface area (Å²) >= 11 is 0. The van der Waals surface area contributed by atoms with E-state index >= 15 is 8.78 Å². The maximum Gasteiger partial charge on any atom is 0.319 e. The van der Waals surface area contributed by atoms with E-state index in [1.165, 1.54) is 24.6 Å². The molecule has 6 aliphatic rings. The number of benzene rings is 3. The van der Waals surface area contributed by atoms with Gasteiger partial charge >= 0.3 is 6.01 Å². The quantitative estimate of drug-likeness (QED) is 0.204. The van der Waals surface area contributed by atoms with Crippen LogP contribution in [-0.4, -0.2) is 83.6 Å². The summed E-state index contributed by atoms with van der Waals surface area (Å²) < 4.78 is 45.1. The molecule has 6 fully saturated rings. The van der Waals surface area contributed by atoms with Crippen LogP contribution in [0.15, 0.2) is 30.3 Å². The Morgan fingerprint density at radius 1 is 1.08 bits per heavy atom. The maximum absolute atomic E-state index is 17.5. The summed E-state index contributed by atoms with van der Waals surface area (Å²) in [4.78, 5) is 14.6. The molecule has 6 heterocycles. The van der Waals surface area contributed by atoms with E-state index in [1.807, 2.05) is 19.9 Å². The highest BCUT2D eigenvalue weighted by Gasteiger charge is 2.48. The number of phenols is 1. The van der Waals surface area contributed by atoms with Gasteiger partial charge in [-0.1, -0.05) is 25.8 Å². The number of hydrogen-bond acceptors (Lipinski definition) is 8. The highest BCUT2D eigenvalue weighted by atomic mass is 19.1. The van der Waals surface area contributed by atoms with E-state index in [1.54, 1.807) is 6.07 Å². The number of nitrogens with zero attached hydrogens (tertiary/aromatic N) is 4. The molecule has 10 heteroatoms. The van der Waals surface area contributed by atoms with E-state index in [0.29, 0.717) is 63.9 Å². The average Bonchev–Trinajstić information content (AvgIpc) is 3.80. The van der Waals surface area contributed by atoms with Gasteiger partial charge in [0, 0.05) is 66.1 Å². The number of piperazine rings is 1. The Kier molecular flexibility index (Phi) is 7.68. The van der Waals surface area contributed by atoms with Crippen molar-refractivity contribution in [1.82, 2.24) is 20.2 Å². The standard InChI is InChI=1S/C40H43F2N5O3/c1-4-29-33(41)10-5-23-13-27(48)14-31(34(23)29)35-30(22(2)3)15-32-37(36(35)42)44-39(45-38(32)46-16-24-6-7-25(17-46)43-24)50-21-40(11-12-40)20-47-18-28-9-8-26(47)19-49-28/h1,5,10,13-15,22,24-26,28,43,48H,6-9,11-12,16-21H2,2-3H3. The first kappa shape index (κ1) is 31.9. The fraction of sp³-hybridized carbons (Fsp3) is 0.500. The number of ether oxygens (including phenoxy) is 2. The van der Waals surface area contributed by atoms with Crippen LogP contribution in [0.25, 0.3) is 32.8 Å². The van der Waals surface area contributed by atoms with Crippen molar-refractivity contribution in [2.75, 3.05) is 44.3 Å². The number of halogens is 2. The van der Waals surface area contributed by atoms with E-state index in [2.05, 4.69) is 21.0 Å². The predicted octanol–water partition coefficient (Wildman–Crippen LogP) is 6.50. The monoisotopic (exact) mass is 679 g/mol. The molecule has 0 amide bonds. The smallest absolute Gasteiger partial charge is 0.319 e. The van der Waals surface area contributed by atoms with Crippen molar-refractivity contribution in [3.8, 4) is 35.2 Å². The first-order valence-electron chi connectivity index (χ1n) is 18.1. The third kappa shape index (κ3) is 5.45. The van der Waals surface area contributed by atoms with Gasteiger partial charge in [-0.3, -0.25) is 4.90 Å². The van der Waals surface area contributed by atoms with E-state index in [-0.39, 0.29) is 39.7 Å². The molecule has 4 atom stereocenters. The van der Waals surface area contributed by atoms with Crippen LogP contribution in [0.1, 0.15) is 69.4 Å². The molecule has 5 saturated heterocycles. The lowest BCUT2D eigenvalue weighted by molar-refractivity contribution is -0.112. The molecule has 1 aliphatic carbocycles. The van der Waals surface area contributed by atoms with Gasteiger partial charge in [-0.05, 0) is 85.2 Å². The largest absolute Gasteiger partial charge is 0.508 e. The van der Waals surface area contributed by atoms with Crippen molar-refractivity contribution >= 4 is 27.5 Å². The number of nitrogens with one attached hydrogen (secondary N) is 1. The average molecular weight is 680 g/mol. The van der Waals surface area contributed by atoms with Gasteiger partial charge in [-0.2, -0.15) is 9.97 Å². The Morgan fingerprint density at radius 2 is 1.88 bits per heavy atom. The van der Waals surface area contributed by atoms with Crippen LogP contribution >= 0.6 is 0 Å². The Labute approximate surface area is 291 Å². The summed E-state index contributed by atoms with van der Waals surface area (Å²) in [7, 11) is 0. The van der Waals surface area contributed by atoms with Crippen LogP contribution in [-0.2, 0) is 4.74 Å². The SMILES string of the molecule is C#Cc1c(F)ccc2cc(O)cc(-c3c(C(C)C)cc4c(N5CC6CCC(C5)N6)nc(OCC5(CN6CC7CCC6CO7)CC5)nc4c3F)c12. The molecule has 4 aromatic rings. The van der Waals surface area contributed by atoms with E-state index < -0.39 is 11.6 Å². The molecule has 1 saturated carbocycles. The molecular formula is C40H43F2N5O3. The van der Waals surface area contributed by atoms with Crippen molar-refractivity contribution in [2.45, 2.75) is 82.5 Å². The molecule has 4 bridgehead atoms. The lowest BCUT2D eigenvalue weighted by atomic mass is 9.86. The Morgan fingerprint density at radius 3 is 2.54 bits per heavy atom. The van der Waals surface area contributed by atoms with Gasteiger partial charge in [0.25, 0.3) is 0 Å². The van der Waals surface area contributed by atoms with E-state index in [4.69, 9.17) is 25.9 Å². The van der Waals surface area contributed by atoms with Crippen molar-refractivity contribution < 1.29 is 23.4 Å². The lowest BCUT2D eigenvalue weighted by Gasteiger charge is -2.46. The Balaban J connectivity index is 1.17. The van der Waals surface area contributed by atoms with Gasteiger partial charge in [0.2, 0.25) is 0 Å². The molecule has 0 spiro atoms. The number of rotatable bonds is 8. The van der Waals surface area contributed by atoms with Crippen molar-refractivity contribution in [3.05, 3.63) is 53.1 Å². The van der Waals surface area contributed by atoms with Crippen molar-refractivity contribution in [2.24, 2.45) is 5.41 Å². The van der Waals surface area contributed by atoms with Crippen molar-refractivity contribution in [1.29, 1.82) is 0 Å². The van der Waals surface area contributed by atoms with Crippen LogP contribution in [0.2, 0.25) is 0 Å². The maximum atomic E-state index is 17.5. The zero-order chi connectivity index (χ0) is 34.3. The molecular weight excluding hydrogens is 636 g/mol. The second kappa shape index (κ2) is 12.0. The molecule has 4 unspecified atom stereocenters. The van der Waals surface area contributed by atoms with Gasteiger partial charge in [0.05, 0.1) is 24.9 Å². The molecule has 3 aromatic carbocycles. The number of fused-ring (bicyclic) bond motifs is 7. The highest BCUT2D eigenvalue weighted by molar-refractivity contribution is 6.05. The minimum absolute atomic E-state index is 0.0193. The topological polar surface area (TPSA) is 83.0 Å². The number of anilines is 1. The molecule has 10 rings (SSSR count). The first-order chi connectivity index (χ1) is 24.2. The summed E-state index contributed by atoms with van der Waals surface area (Å²) in [6.45, 7) is 8.69. The van der Waals surface area contributed by atoms with Gasteiger partial charge in [-0.25, -0.2) is 8.78 Å². The summed E-state index contributed by atoms with van der Waals surface area (Å²) in [6.07, 6.45) is 12.8. The van der Waals surface area contributed by atoms with E-state index in [0.717, 1.165) is 64.9 Å². The molecule has 1 aromatic heterocycles. The molecule has 5 aliphatic heterocycles. The normalized spacial score (nSPS) is 25.5. The van der Waals surface area contributed by atoms with Crippen LogP contribution in [0.3, 0.4) is 0 Å². The molecule has 50 heavy (non-hydrogen) atoms. The molecule has 8 nitrogen and oxygen atoms in total. The van der Waals surface area contributed by atoms with Crippen LogP contribution < -0.4 is 15.0 Å². The fourth-order valence-corrected chi connectivity index (χ4v) is 8.98.